The molecule has 0 saturated carbocycles. The number of fused-ring (bicyclic) bond motifs is 4. The number of carbonyl (C=O) groups is 1. The Morgan fingerprint density at radius 3 is 2.79 bits per heavy atom. The van der Waals surface area contributed by atoms with E-state index in [1.807, 2.05) is 24.0 Å². The number of hydrogen-bond acceptors (Lipinski definition) is 4. The van der Waals surface area contributed by atoms with Crippen LogP contribution in [0.1, 0.15) is 40.3 Å². The number of ether oxygens (including phenoxy) is 1. The van der Waals surface area contributed by atoms with E-state index in [1.54, 1.807) is 7.11 Å². The molecule has 2 aliphatic rings. The number of carbonyl (C=O) groups excluding carboxylic acids is 1. The Kier molecular flexibility index (Phi) is 3.94. The molecule has 7 heteroatoms. The lowest BCUT2D eigenvalue weighted by molar-refractivity contribution is 0.0621. The Morgan fingerprint density at radius 1 is 1.25 bits per heavy atom. The lowest BCUT2D eigenvalue weighted by Crippen LogP contribution is -2.55. The molecule has 28 heavy (non-hydrogen) atoms. The van der Waals surface area contributed by atoms with Crippen molar-refractivity contribution in [3.05, 3.63) is 46.9 Å². The van der Waals surface area contributed by atoms with E-state index in [4.69, 9.17) is 4.74 Å². The molecule has 0 atom stereocenters. The Labute approximate surface area is 163 Å². The number of methoxy groups -OCH3 is 1. The zero-order chi connectivity index (χ0) is 19.3. The van der Waals surface area contributed by atoms with Crippen molar-refractivity contribution in [1.29, 1.82) is 0 Å². The Bertz CT molecular complexity index is 1040. The van der Waals surface area contributed by atoms with E-state index >= 15 is 0 Å². The first-order chi connectivity index (χ1) is 13.6. The van der Waals surface area contributed by atoms with E-state index < -0.39 is 0 Å². The number of aromatic amines is 2. The molecule has 1 aromatic carbocycles. The summed E-state index contributed by atoms with van der Waals surface area (Å²) >= 11 is 0. The number of nitrogens with one attached hydrogen (secondary N) is 3. The van der Waals surface area contributed by atoms with Crippen LogP contribution in [0.5, 0.6) is 5.75 Å². The fourth-order valence-corrected chi connectivity index (χ4v) is 4.74. The number of aromatic nitrogens is 3. The fourth-order valence-electron chi connectivity index (χ4n) is 4.74. The maximum absolute atomic E-state index is 12.7. The third kappa shape index (κ3) is 2.61. The van der Waals surface area contributed by atoms with Gasteiger partial charge in [0.1, 0.15) is 11.4 Å². The second kappa shape index (κ2) is 6.38. The van der Waals surface area contributed by atoms with Crippen LogP contribution >= 0.6 is 0 Å². The Hall–Kier alpha value is -2.80. The minimum Gasteiger partial charge on any atom is -0.497 e. The van der Waals surface area contributed by atoms with Gasteiger partial charge >= 0.3 is 0 Å². The summed E-state index contributed by atoms with van der Waals surface area (Å²) < 4.78 is 5.42. The first kappa shape index (κ1) is 17.3. The number of likely N-dealkylation sites (tertiary alicyclic amines) is 1. The highest BCUT2D eigenvalue weighted by molar-refractivity contribution is 5.92. The smallest absolute Gasteiger partial charge is 0.274 e. The van der Waals surface area contributed by atoms with E-state index in [2.05, 4.69) is 32.6 Å². The standard InChI is InChI=1S/C21H25N5O2/c1-13-11-18(25-24-13)20(27)26-9-6-21(7-10-26)19-15(5-8-22-21)16-12-14(28-2)3-4-17(16)23-19/h3-4,11-12,22-23H,5-10H2,1-2H3,(H,24,25). The van der Waals surface area contributed by atoms with Gasteiger partial charge in [0.15, 0.2) is 0 Å². The van der Waals surface area contributed by atoms with Crippen LogP contribution in [0, 0.1) is 6.92 Å². The van der Waals surface area contributed by atoms with Crippen LogP contribution in [-0.2, 0) is 12.0 Å². The van der Waals surface area contributed by atoms with Gasteiger partial charge in [-0.15, -0.1) is 0 Å². The topological polar surface area (TPSA) is 86.0 Å². The summed E-state index contributed by atoms with van der Waals surface area (Å²) in [6.07, 6.45) is 2.78. The fraction of sp³-hybridized carbons (Fsp3) is 0.429. The van der Waals surface area contributed by atoms with E-state index in [-0.39, 0.29) is 11.4 Å². The van der Waals surface area contributed by atoms with Gasteiger partial charge in [-0.05, 0) is 56.0 Å². The highest BCUT2D eigenvalue weighted by Gasteiger charge is 2.42. The summed E-state index contributed by atoms with van der Waals surface area (Å²) in [5, 5.41) is 12.0. The molecular weight excluding hydrogens is 354 g/mol. The normalized spacial score (nSPS) is 18.4. The van der Waals surface area contributed by atoms with Crippen LogP contribution in [-0.4, -0.2) is 52.7 Å². The molecule has 3 aromatic rings. The van der Waals surface area contributed by atoms with Gasteiger partial charge in [-0.25, -0.2) is 0 Å². The first-order valence-electron chi connectivity index (χ1n) is 9.85. The highest BCUT2D eigenvalue weighted by atomic mass is 16.5. The van der Waals surface area contributed by atoms with E-state index in [0.29, 0.717) is 5.69 Å². The molecule has 1 spiro atoms. The van der Waals surface area contributed by atoms with Crippen LogP contribution in [0.15, 0.2) is 24.3 Å². The van der Waals surface area contributed by atoms with Gasteiger partial charge in [0.2, 0.25) is 0 Å². The molecular formula is C21H25N5O2. The van der Waals surface area contributed by atoms with Gasteiger partial charge in [0.25, 0.3) is 5.91 Å². The minimum absolute atomic E-state index is 0.0108. The van der Waals surface area contributed by atoms with Gasteiger partial charge in [0.05, 0.1) is 12.6 Å². The predicted octanol–water partition coefficient (Wildman–Crippen LogP) is 2.49. The van der Waals surface area contributed by atoms with Crippen molar-refractivity contribution < 1.29 is 9.53 Å². The van der Waals surface area contributed by atoms with Gasteiger partial charge in [-0.3, -0.25) is 9.89 Å². The summed E-state index contributed by atoms with van der Waals surface area (Å²) in [6.45, 7) is 4.29. The second-order valence-electron chi connectivity index (χ2n) is 7.88. The molecule has 7 nitrogen and oxygen atoms in total. The van der Waals surface area contributed by atoms with Crippen LogP contribution < -0.4 is 10.1 Å². The first-order valence-corrected chi connectivity index (χ1v) is 9.85. The van der Waals surface area contributed by atoms with Crippen molar-refractivity contribution in [2.24, 2.45) is 0 Å². The molecule has 2 aromatic heterocycles. The molecule has 0 aliphatic carbocycles. The maximum Gasteiger partial charge on any atom is 0.274 e. The number of benzene rings is 1. The van der Waals surface area contributed by atoms with Crippen LogP contribution in [0.4, 0.5) is 0 Å². The molecule has 4 heterocycles. The molecule has 0 bridgehead atoms. The maximum atomic E-state index is 12.7. The number of hydrogen-bond donors (Lipinski definition) is 3. The van der Waals surface area contributed by atoms with E-state index in [1.165, 1.54) is 16.6 Å². The van der Waals surface area contributed by atoms with Crippen molar-refractivity contribution in [3.63, 3.8) is 0 Å². The average molecular weight is 379 g/mol. The van der Waals surface area contributed by atoms with E-state index in [9.17, 15) is 4.79 Å². The summed E-state index contributed by atoms with van der Waals surface area (Å²) in [5.41, 5.74) is 5.13. The molecule has 0 unspecified atom stereocenters. The van der Waals surface area contributed by atoms with Gasteiger partial charge < -0.3 is 19.9 Å². The summed E-state index contributed by atoms with van der Waals surface area (Å²) in [6, 6.07) is 8.03. The Balaban J connectivity index is 1.43. The third-order valence-corrected chi connectivity index (χ3v) is 6.26. The number of aryl methyl sites for hydroxylation is 1. The van der Waals surface area contributed by atoms with Gasteiger partial charge in [-0.2, -0.15) is 5.10 Å². The zero-order valence-corrected chi connectivity index (χ0v) is 16.3. The number of rotatable bonds is 2. The number of H-pyrrole nitrogens is 2. The third-order valence-electron chi connectivity index (χ3n) is 6.26. The summed E-state index contributed by atoms with van der Waals surface area (Å²) in [5.74, 6) is 0.896. The molecule has 5 rings (SSSR count). The van der Waals surface area contributed by atoms with Crippen molar-refractivity contribution >= 4 is 16.8 Å². The van der Waals surface area contributed by atoms with Crippen molar-refractivity contribution in [2.45, 2.75) is 31.7 Å². The van der Waals surface area contributed by atoms with Crippen molar-refractivity contribution in [1.82, 2.24) is 25.4 Å². The summed E-state index contributed by atoms with van der Waals surface area (Å²) in [4.78, 5) is 18.3. The lowest BCUT2D eigenvalue weighted by Gasteiger charge is -2.44. The predicted molar refractivity (Wildman–Crippen MR) is 107 cm³/mol. The van der Waals surface area contributed by atoms with Gasteiger partial charge in [-0.1, -0.05) is 0 Å². The zero-order valence-electron chi connectivity index (χ0n) is 16.3. The Morgan fingerprint density at radius 2 is 2.07 bits per heavy atom. The molecule has 2 aliphatic heterocycles. The van der Waals surface area contributed by atoms with Gasteiger partial charge in [0, 0.05) is 41.9 Å². The van der Waals surface area contributed by atoms with Crippen LogP contribution in [0.2, 0.25) is 0 Å². The van der Waals surface area contributed by atoms with Crippen molar-refractivity contribution in [3.8, 4) is 5.75 Å². The average Bonchev–Trinajstić information content (AvgIpc) is 3.32. The monoisotopic (exact) mass is 379 g/mol. The van der Waals surface area contributed by atoms with Crippen LogP contribution in [0.25, 0.3) is 10.9 Å². The largest absolute Gasteiger partial charge is 0.497 e. The molecule has 3 N–H and O–H groups in total. The molecule has 1 fully saturated rings. The number of amides is 1. The second-order valence-corrected chi connectivity index (χ2v) is 7.88. The number of piperidine rings is 1. The highest BCUT2D eigenvalue weighted by Crippen LogP contribution is 2.41. The quantitative estimate of drug-likeness (QED) is 0.639. The van der Waals surface area contributed by atoms with E-state index in [0.717, 1.165) is 55.9 Å². The molecule has 146 valence electrons. The molecule has 1 saturated heterocycles. The van der Waals surface area contributed by atoms with Crippen LogP contribution in [0.3, 0.4) is 0 Å². The van der Waals surface area contributed by atoms with Crippen molar-refractivity contribution in [2.75, 3.05) is 26.7 Å². The number of nitrogens with zero attached hydrogens (tertiary/aromatic N) is 2. The molecule has 0 radical (unpaired) electrons. The molecule has 1 amide bonds. The minimum atomic E-state index is -0.0991. The summed E-state index contributed by atoms with van der Waals surface area (Å²) in [7, 11) is 1.71. The lowest BCUT2D eigenvalue weighted by atomic mass is 9.79. The SMILES string of the molecule is COc1ccc2[nH]c3c(c2c1)CCNC31CCN(C(=O)c2cc(C)[nH]n2)CC1.